The van der Waals surface area contributed by atoms with Gasteiger partial charge in [0.15, 0.2) is 12.4 Å². The summed E-state index contributed by atoms with van der Waals surface area (Å²) >= 11 is 1.59. The van der Waals surface area contributed by atoms with Crippen molar-refractivity contribution < 1.29 is 9.53 Å². The Balaban J connectivity index is 2.27. The average Bonchev–Trinajstić information content (AvgIpc) is 2.94. The molecular weight excluding hydrogens is 326 g/mol. The third-order valence-electron chi connectivity index (χ3n) is 3.67. The zero-order valence-corrected chi connectivity index (χ0v) is 14.5. The van der Waals surface area contributed by atoms with E-state index in [1.54, 1.807) is 18.0 Å². The number of aryl methyl sites for hydroxylation is 1. The Morgan fingerprint density at radius 2 is 2.12 bits per heavy atom. The molecule has 0 unspecified atom stereocenters. The predicted octanol–water partition coefficient (Wildman–Crippen LogP) is 2.58. The average molecular weight is 343 g/mol. The number of rotatable bonds is 4. The Labute approximate surface area is 143 Å². The molecule has 0 aliphatic rings. The molecule has 3 aromatic rings. The molecule has 0 amide bonds. The van der Waals surface area contributed by atoms with Gasteiger partial charge >= 0.3 is 5.97 Å². The second-order valence-electron chi connectivity index (χ2n) is 5.33. The van der Waals surface area contributed by atoms with E-state index in [1.165, 1.54) is 16.0 Å². The van der Waals surface area contributed by atoms with Gasteiger partial charge < -0.3 is 4.74 Å². The Kier molecular flexibility index (Phi) is 4.44. The van der Waals surface area contributed by atoms with E-state index in [2.05, 4.69) is 5.10 Å². The highest BCUT2D eigenvalue weighted by Gasteiger charge is 2.16. The summed E-state index contributed by atoms with van der Waals surface area (Å²) in [6.45, 7) is 3.13. The Bertz CT molecular complexity index is 975. The predicted molar refractivity (Wildman–Crippen MR) is 92.8 cm³/mol. The number of ether oxygens (including phenoxy) is 1. The number of hydrogen-bond acceptors (Lipinski definition) is 5. The number of nitrogens with zero attached hydrogens (tertiary/aromatic N) is 3. The van der Waals surface area contributed by atoms with E-state index in [9.17, 15) is 9.59 Å². The molecule has 0 aliphatic carbocycles. The molecule has 2 heterocycles. The van der Waals surface area contributed by atoms with Gasteiger partial charge in [0, 0.05) is 18.0 Å². The summed E-state index contributed by atoms with van der Waals surface area (Å²) in [5.74, 6) is -0.0472. The Morgan fingerprint density at radius 1 is 1.33 bits per heavy atom. The lowest BCUT2D eigenvalue weighted by atomic mass is 10.3. The molecule has 124 valence electrons. The van der Waals surface area contributed by atoms with E-state index in [1.807, 2.05) is 43.5 Å². The summed E-state index contributed by atoms with van der Waals surface area (Å²) in [5, 5.41) is 4.46. The van der Waals surface area contributed by atoms with Crippen molar-refractivity contribution in [1.82, 2.24) is 14.2 Å². The van der Waals surface area contributed by atoms with Gasteiger partial charge in [0.25, 0.3) is 5.56 Å². The highest BCUT2D eigenvalue weighted by Crippen LogP contribution is 2.19. The van der Waals surface area contributed by atoms with Crippen LogP contribution in [0, 0.1) is 6.92 Å². The van der Waals surface area contributed by atoms with Gasteiger partial charge in [0.1, 0.15) is 5.52 Å². The third-order valence-corrected chi connectivity index (χ3v) is 4.40. The van der Waals surface area contributed by atoms with Crippen LogP contribution in [0.3, 0.4) is 0 Å². The lowest BCUT2D eigenvalue weighted by Crippen LogP contribution is -2.27. The van der Waals surface area contributed by atoms with E-state index in [0.717, 1.165) is 10.5 Å². The van der Waals surface area contributed by atoms with Gasteiger partial charge in [-0.3, -0.25) is 14.2 Å². The molecular formula is C17H17N3O3S. The van der Waals surface area contributed by atoms with E-state index in [-0.39, 0.29) is 12.2 Å². The normalized spacial score (nSPS) is 11.0. The van der Waals surface area contributed by atoms with Crippen molar-refractivity contribution >= 4 is 23.2 Å². The number of aromatic nitrogens is 3. The van der Waals surface area contributed by atoms with Crippen LogP contribution >= 0.6 is 11.8 Å². The number of carbonyl (C=O) groups is 1. The molecule has 0 N–H and O–H groups in total. The molecule has 6 nitrogen and oxygen atoms in total. The first-order chi connectivity index (χ1) is 11.5. The van der Waals surface area contributed by atoms with Crippen molar-refractivity contribution in [3.63, 3.8) is 0 Å². The van der Waals surface area contributed by atoms with Gasteiger partial charge in [0.2, 0.25) is 0 Å². The summed E-state index contributed by atoms with van der Waals surface area (Å²) in [6.07, 6.45) is 3.70. The fourth-order valence-electron chi connectivity index (χ4n) is 2.53. The standard InChI is InChI=1S/C17H17N3O3S/c1-11-7-8-19-16(11)17(22)20(15(18-19)10-23-12(2)21)13-5-4-6-14(9-13)24-3/h4-9H,10H2,1-3H3. The zero-order valence-electron chi connectivity index (χ0n) is 13.6. The lowest BCUT2D eigenvalue weighted by molar-refractivity contribution is -0.142. The summed E-state index contributed by atoms with van der Waals surface area (Å²) < 4.78 is 8.12. The molecule has 1 aromatic carbocycles. The molecule has 3 rings (SSSR count). The van der Waals surface area contributed by atoms with E-state index in [4.69, 9.17) is 4.74 Å². The van der Waals surface area contributed by atoms with Gasteiger partial charge in [-0.25, -0.2) is 4.52 Å². The third kappa shape index (κ3) is 2.94. The van der Waals surface area contributed by atoms with Gasteiger partial charge in [0.05, 0.1) is 5.69 Å². The van der Waals surface area contributed by atoms with Gasteiger partial charge in [-0.15, -0.1) is 11.8 Å². The minimum Gasteiger partial charge on any atom is -0.458 e. The molecule has 0 bridgehead atoms. The maximum absolute atomic E-state index is 13.0. The molecule has 0 saturated carbocycles. The molecule has 2 aromatic heterocycles. The molecule has 0 fully saturated rings. The van der Waals surface area contributed by atoms with Crippen LogP contribution in [0.2, 0.25) is 0 Å². The Hall–Kier alpha value is -2.54. The van der Waals surface area contributed by atoms with Crippen LogP contribution in [0.1, 0.15) is 18.3 Å². The molecule has 0 radical (unpaired) electrons. The number of carbonyl (C=O) groups excluding carboxylic acids is 1. The number of esters is 1. The lowest BCUT2D eigenvalue weighted by Gasteiger charge is -2.13. The number of benzene rings is 1. The smallest absolute Gasteiger partial charge is 0.303 e. The van der Waals surface area contributed by atoms with Crippen LogP contribution in [0.4, 0.5) is 0 Å². The monoisotopic (exact) mass is 343 g/mol. The van der Waals surface area contributed by atoms with Crippen LogP contribution in [0.25, 0.3) is 11.2 Å². The second kappa shape index (κ2) is 6.52. The number of fused-ring (bicyclic) bond motifs is 1. The minimum atomic E-state index is -0.419. The summed E-state index contributed by atoms with van der Waals surface area (Å²) in [6, 6.07) is 9.45. The van der Waals surface area contributed by atoms with Crippen LogP contribution < -0.4 is 5.56 Å². The second-order valence-corrected chi connectivity index (χ2v) is 6.21. The number of thioether (sulfide) groups is 1. The first-order valence-corrected chi connectivity index (χ1v) is 8.61. The molecule has 0 saturated heterocycles. The van der Waals surface area contributed by atoms with E-state index < -0.39 is 5.97 Å². The maximum Gasteiger partial charge on any atom is 0.303 e. The van der Waals surface area contributed by atoms with Crippen molar-refractivity contribution in [2.75, 3.05) is 6.26 Å². The molecule has 7 heteroatoms. The van der Waals surface area contributed by atoms with Crippen molar-refractivity contribution in [3.8, 4) is 5.69 Å². The highest BCUT2D eigenvalue weighted by atomic mass is 32.2. The van der Waals surface area contributed by atoms with Gasteiger partial charge in [-0.1, -0.05) is 6.07 Å². The summed E-state index contributed by atoms with van der Waals surface area (Å²) in [4.78, 5) is 25.2. The zero-order chi connectivity index (χ0) is 17.3. The molecule has 0 spiro atoms. The summed E-state index contributed by atoms with van der Waals surface area (Å²) in [5.41, 5.74) is 1.87. The van der Waals surface area contributed by atoms with Crippen molar-refractivity contribution in [2.45, 2.75) is 25.3 Å². The topological polar surface area (TPSA) is 65.6 Å². The van der Waals surface area contributed by atoms with E-state index in [0.29, 0.717) is 17.0 Å². The minimum absolute atomic E-state index is 0.0682. The summed E-state index contributed by atoms with van der Waals surface area (Å²) in [7, 11) is 0. The van der Waals surface area contributed by atoms with Crippen molar-refractivity contribution in [3.05, 3.63) is 58.3 Å². The van der Waals surface area contributed by atoms with Gasteiger partial charge in [-0.2, -0.15) is 5.10 Å². The quantitative estimate of drug-likeness (QED) is 0.538. The van der Waals surface area contributed by atoms with Crippen LogP contribution in [-0.4, -0.2) is 26.4 Å². The highest BCUT2D eigenvalue weighted by molar-refractivity contribution is 7.98. The first-order valence-electron chi connectivity index (χ1n) is 7.39. The Morgan fingerprint density at radius 3 is 2.83 bits per heavy atom. The number of hydrogen-bond donors (Lipinski definition) is 0. The maximum atomic E-state index is 13.0. The van der Waals surface area contributed by atoms with Crippen LogP contribution in [-0.2, 0) is 16.1 Å². The molecule has 0 aliphatic heterocycles. The molecule has 24 heavy (non-hydrogen) atoms. The SMILES string of the molecule is CSc1cccc(-n2c(COC(C)=O)nn3ccc(C)c3c2=O)c1. The molecule has 0 atom stereocenters. The fraction of sp³-hybridized carbons (Fsp3) is 0.235. The first kappa shape index (κ1) is 16.3. The van der Waals surface area contributed by atoms with Gasteiger partial charge in [-0.05, 0) is 43.0 Å². The largest absolute Gasteiger partial charge is 0.458 e. The van der Waals surface area contributed by atoms with Crippen molar-refractivity contribution in [1.29, 1.82) is 0 Å². The van der Waals surface area contributed by atoms with E-state index >= 15 is 0 Å². The van der Waals surface area contributed by atoms with Crippen LogP contribution in [0.15, 0.2) is 46.2 Å². The van der Waals surface area contributed by atoms with Crippen LogP contribution in [0.5, 0.6) is 0 Å². The van der Waals surface area contributed by atoms with Crippen molar-refractivity contribution in [2.24, 2.45) is 0 Å². The fourth-order valence-corrected chi connectivity index (χ4v) is 2.99.